The van der Waals surface area contributed by atoms with Crippen LogP contribution >= 0.6 is 0 Å². The average molecular weight is 377 g/mol. The minimum atomic E-state index is 0.159. The van der Waals surface area contributed by atoms with E-state index in [1.54, 1.807) is 0 Å². The van der Waals surface area contributed by atoms with Crippen LogP contribution in [0, 0.1) is 6.92 Å². The molecule has 0 saturated carbocycles. The van der Waals surface area contributed by atoms with E-state index in [2.05, 4.69) is 13.8 Å². The van der Waals surface area contributed by atoms with Gasteiger partial charge >= 0.3 is 0 Å². The smallest absolute Gasteiger partial charge is 0.242 e. The highest BCUT2D eigenvalue weighted by molar-refractivity contribution is 5.81. The van der Waals surface area contributed by atoms with Crippen molar-refractivity contribution >= 4 is 16.9 Å². The Morgan fingerprint density at radius 1 is 1.14 bits per heavy atom. The number of ether oxygens (including phenoxy) is 1. The van der Waals surface area contributed by atoms with Crippen molar-refractivity contribution in [2.24, 2.45) is 0 Å². The van der Waals surface area contributed by atoms with E-state index in [9.17, 15) is 4.79 Å². The van der Waals surface area contributed by atoms with E-state index < -0.39 is 0 Å². The van der Waals surface area contributed by atoms with E-state index in [0.717, 1.165) is 42.0 Å². The normalized spacial score (nSPS) is 17.1. The molecular weight excluding hydrogens is 350 g/mol. The summed E-state index contributed by atoms with van der Waals surface area (Å²) >= 11 is 0. The average Bonchev–Trinajstić information content (AvgIpc) is 3.05. The van der Waals surface area contributed by atoms with Crippen LogP contribution < -0.4 is 4.74 Å². The Labute approximate surface area is 165 Å². The van der Waals surface area contributed by atoms with Crippen molar-refractivity contribution in [3.05, 3.63) is 59.9 Å². The summed E-state index contributed by atoms with van der Waals surface area (Å²) in [5.41, 5.74) is 3.06. The molecule has 2 aromatic carbocycles. The molecule has 2 heterocycles. The zero-order valence-electron chi connectivity index (χ0n) is 16.6. The monoisotopic (exact) mass is 377 g/mol. The predicted molar refractivity (Wildman–Crippen MR) is 110 cm³/mol. The summed E-state index contributed by atoms with van der Waals surface area (Å²) in [6.45, 7) is 5.68. The van der Waals surface area contributed by atoms with Gasteiger partial charge in [0.25, 0.3) is 0 Å². The van der Waals surface area contributed by atoms with Crippen LogP contribution in [0.4, 0.5) is 0 Å². The van der Waals surface area contributed by atoms with Crippen molar-refractivity contribution in [3.8, 4) is 5.75 Å². The molecule has 0 N–H and O–H groups in total. The molecule has 1 unspecified atom stereocenters. The molecule has 1 fully saturated rings. The Bertz CT molecular complexity index is 962. The molecule has 1 aliphatic rings. The Balaban J connectivity index is 1.57. The molecule has 4 rings (SSSR count). The topological polar surface area (TPSA) is 47.4 Å². The molecule has 5 nitrogen and oxygen atoms in total. The summed E-state index contributed by atoms with van der Waals surface area (Å²) < 4.78 is 7.96. The van der Waals surface area contributed by atoms with Crippen molar-refractivity contribution in [2.45, 2.75) is 52.3 Å². The second-order valence-corrected chi connectivity index (χ2v) is 7.64. The molecule has 146 valence electrons. The summed E-state index contributed by atoms with van der Waals surface area (Å²) in [7, 11) is 0. The number of para-hydroxylation sites is 2. The van der Waals surface area contributed by atoms with Crippen LogP contribution in [0.5, 0.6) is 5.75 Å². The van der Waals surface area contributed by atoms with Gasteiger partial charge in [-0.2, -0.15) is 0 Å². The van der Waals surface area contributed by atoms with Gasteiger partial charge in [0.05, 0.1) is 11.0 Å². The number of fused-ring (bicyclic) bond motifs is 1. The Morgan fingerprint density at radius 2 is 1.93 bits per heavy atom. The maximum absolute atomic E-state index is 13.0. The molecule has 28 heavy (non-hydrogen) atoms. The lowest BCUT2D eigenvalue weighted by molar-refractivity contribution is -0.135. The number of aryl methyl sites for hydroxylation is 1. The first-order chi connectivity index (χ1) is 13.6. The lowest BCUT2D eigenvalue weighted by atomic mass is 10.0. The minimum absolute atomic E-state index is 0.159. The van der Waals surface area contributed by atoms with Crippen molar-refractivity contribution in [2.75, 3.05) is 6.54 Å². The zero-order chi connectivity index (χ0) is 19.5. The van der Waals surface area contributed by atoms with E-state index in [0.29, 0.717) is 19.2 Å². The standard InChI is InChI=1S/C23H27N3O2/c1-17-10-12-19(13-11-17)28-16-22-24-20-8-3-4-9-21(20)26(22)15-23(27)25-14-6-5-7-18(25)2/h3-4,8-13,18H,5-7,14-16H2,1-2H3. The van der Waals surface area contributed by atoms with Crippen molar-refractivity contribution in [3.63, 3.8) is 0 Å². The number of carbonyl (C=O) groups excluding carboxylic acids is 1. The van der Waals surface area contributed by atoms with Gasteiger partial charge in [-0.15, -0.1) is 0 Å². The number of nitrogens with zero attached hydrogens (tertiary/aromatic N) is 3. The first-order valence-electron chi connectivity index (χ1n) is 10.0. The summed E-state index contributed by atoms with van der Waals surface area (Å²) in [5, 5.41) is 0. The quantitative estimate of drug-likeness (QED) is 0.665. The van der Waals surface area contributed by atoms with E-state index in [4.69, 9.17) is 9.72 Å². The van der Waals surface area contributed by atoms with Crippen LogP contribution in [0.25, 0.3) is 11.0 Å². The number of carbonyl (C=O) groups is 1. The summed E-state index contributed by atoms with van der Waals surface area (Å²) in [6.07, 6.45) is 3.37. The molecule has 5 heteroatoms. The van der Waals surface area contributed by atoms with Crippen LogP contribution in [0.15, 0.2) is 48.5 Å². The molecule has 1 aromatic heterocycles. The number of aromatic nitrogens is 2. The van der Waals surface area contributed by atoms with E-state index in [1.165, 1.54) is 12.0 Å². The van der Waals surface area contributed by atoms with Gasteiger partial charge in [0.1, 0.15) is 24.7 Å². The van der Waals surface area contributed by atoms with Crippen molar-refractivity contribution < 1.29 is 9.53 Å². The third-order valence-electron chi connectivity index (χ3n) is 5.54. The summed E-state index contributed by atoms with van der Waals surface area (Å²) in [4.78, 5) is 19.8. The van der Waals surface area contributed by atoms with E-state index >= 15 is 0 Å². The highest BCUT2D eigenvalue weighted by Crippen LogP contribution is 2.21. The molecule has 0 spiro atoms. The van der Waals surface area contributed by atoms with E-state index in [-0.39, 0.29) is 5.91 Å². The fourth-order valence-corrected chi connectivity index (χ4v) is 3.89. The van der Waals surface area contributed by atoms with Gasteiger partial charge < -0.3 is 14.2 Å². The van der Waals surface area contributed by atoms with Gasteiger partial charge in [-0.1, -0.05) is 29.8 Å². The number of imidazole rings is 1. The molecular formula is C23H27N3O2. The largest absolute Gasteiger partial charge is 0.486 e. The van der Waals surface area contributed by atoms with E-state index in [1.807, 2.05) is 58.0 Å². The highest BCUT2D eigenvalue weighted by Gasteiger charge is 2.24. The molecule has 0 radical (unpaired) electrons. The van der Waals surface area contributed by atoms with Gasteiger partial charge in [0.2, 0.25) is 5.91 Å². The molecule has 1 amide bonds. The molecule has 1 atom stereocenters. The number of hydrogen-bond acceptors (Lipinski definition) is 3. The molecule has 0 aliphatic carbocycles. The number of likely N-dealkylation sites (tertiary alicyclic amines) is 1. The van der Waals surface area contributed by atoms with Crippen molar-refractivity contribution in [1.82, 2.24) is 14.5 Å². The van der Waals surface area contributed by atoms with Crippen LogP contribution in [0.3, 0.4) is 0 Å². The summed E-state index contributed by atoms with van der Waals surface area (Å²) in [5.74, 6) is 1.74. The molecule has 0 bridgehead atoms. The first kappa shape index (κ1) is 18.5. The van der Waals surface area contributed by atoms with Gasteiger partial charge in [-0.3, -0.25) is 4.79 Å². The predicted octanol–water partition coefficient (Wildman–Crippen LogP) is 4.32. The van der Waals surface area contributed by atoms with Crippen LogP contribution in [0.1, 0.15) is 37.6 Å². The highest BCUT2D eigenvalue weighted by atomic mass is 16.5. The summed E-state index contributed by atoms with van der Waals surface area (Å²) in [6, 6.07) is 16.2. The Kier molecular flexibility index (Phi) is 5.33. The third kappa shape index (κ3) is 3.88. The van der Waals surface area contributed by atoms with Crippen LogP contribution in [0.2, 0.25) is 0 Å². The number of piperidine rings is 1. The minimum Gasteiger partial charge on any atom is -0.486 e. The van der Waals surface area contributed by atoms with Crippen LogP contribution in [-0.2, 0) is 17.9 Å². The lowest BCUT2D eigenvalue weighted by Crippen LogP contribution is -2.43. The number of amides is 1. The zero-order valence-corrected chi connectivity index (χ0v) is 16.6. The van der Waals surface area contributed by atoms with Crippen molar-refractivity contribution in [1.29, 1.82) is 0 Å². The maximum Gasteiger partial charge on any atom is 0.242 e. The van der Waals surface area contributed by atoms with Gasteiger partial charge in [-0.25, -0.2) is 4.98 Å². The van der Waals surface area contributed by atoms with Gasteiger partial charge in [0, 0.05) is 12.6 Å². The molecule has 3 aromatic rings. The first-order valence-corrected chi connectivity index (χ1v) is 10.0. The van der Waals surface area contributed by atoms with Gasteiger partial charge in [-0.05, 0) is 57.4 Å². The third-order valence-corrected chi connectivity index (χ3v) is 5.54. The lowest BCUT2D eigenvalue weighted by Gasteiger charge is -2.33. The van der Waals surface area contributed by atoms with Gasteiger partial charge in [0.15, 0.2) is 0 Å². The SMILES string of the molecule is Cc1ccc(OCc2nc3ccccc3n2CC(=O)N2CCCCC2C)cc1. The second kappa shape index (κ2) is 8.05. The number of rotatable bonds is 5. The molecule has 1 saturated heterocycles. The fraction of sp³-hybridized carbons (Fsp3) is 0.391. The fourth-order valence-electron chi connectivity index (χ4n) is 3.89. The Morgan fingerprint density at radius 3 is 2.71 bits per heavy atom. The van der Waals surface area contributed by atoms with Crippen LogP contribution in [-0.4, -0.2) is 32.9 Å². The second-order valence-electron chi connectivity index (χ2n) is 7.64. The number of benzene rings is 2. The maximum atomic E-state index is 13.0. The Hall–Kier alpha value is -2.82. The number of hydrogen-bond donors (Lipinski definition) is 0. The molecule has 1 aliphatic heterocycles.